The summed E-state index contributed by atoms with van der Waals surface area (Å²) in [4.78, 5) is 19.6. The van der Waals surface area contributed by atoms with Crippen molar-refractivity contribution in [2.24, 2.45) is 5.92 Å². The van der Waals surface area contributed by atoms with Crippen LogP contribution in [0, 0.1) is 12.8 Å². The van der Waals surface area contributed by atoms with Gasteiger partial charge in [0.2, 0.25) is 17.6 Å². The van der Waals surface area contributed by atoms with Crippen molar-refractivity contribution in [3.05, 3.63) is 66.1 Å². The number of likely N-dealkylation sites (tertiary alicyclic amines) is 1. The Morgan fingerprint density at radius 1 is 1.22 bits per heavy atom. The van der Waals surface area contributed by atoms with Gasteiger partial charge in [-0.2, -0.15) is 4.98 Å². The Labute approximate surface area is 188 Å². The van der Waals surface area contributed by atoms with Crippen molar-refractivity contribution in [1.82, 2.24) is 20.4 Å². The van der Waals surface area contributed by atoms with Gasteiger partial charge in [0.25, 0.3) is 0 Å². The predicted molar refractivity (Wildman–Crippen MR) is 122 cm³/mol. The van der Waals surface area contributed by atoms with E-state index in [-0.39, 0.29) is 17.9 Å². The molecule has 2 atom stereocenters. The number of aromatic nitrogens is 2. The maximum absolute atomic E-state index is 12.8. The molecular weight excluding hydrogens is 404 g/mol. The summed E-state index contributed by atoms with van der Waals surface area (Å²) in [5, 5.41) is 7.20. The molecular formula is C25H30N4O3. The van der Waals surface area contributed by atoms with Crippen molar-refractivity contribution in [2.75, 3.05) is 19.7 Å². The molecule has 168 valence electrons. The van der Waals surface area contributed by atoms with Gasteiger partial charge in [-0.1, -0.05) is 53.7 Å². The highest BCUT2D eigenvalue weighted by Gasteiger charge is 2.27. The molecule has 0 saturated carbocycles. The lowest BCUT2D eigenvalue weighted by atomic mass is 9.97. The van der Waals surface area contributed by atoms with Crippen molar-refractivity contribution in [1.29, 1.82) is 0 Å². The van der Waals surface area contributed by atoms with Crippen LogP contribution in [0.4, 0.5) is 0 Å². The number of ether oxygens (including phenoxy) is 1. The zero-order chi connectivity index (χ0) is 22.3. The minimum absolute atomic E-state index is 0.0545. The van der Waals surface area contributed by atoms with Crippen molar-refractivity contribution < 1.29 is 14.1 Å². The average molecular weight is 435 g/mol. The van der Waals surface area contributed by atoms with E-state index in [2.05, 4.69) is 20.4 Å². The van der Waals surface area contributed by atoms with Crippen LogP contribution in [-0.2, 0) is 11.3 Å². The van der Waals surface area contributed by atoms with E-state index in [0.29, 0.717) is 31.4 Å². The number of hydrogen-bond acceptors (Lipinski definition) is 6. The van der Waals surface area contributed by atoms with Gasteiger partial charge in [0.05, 0.1) is 18.5 Å². The van der Waals surface area contributed by atoms with E-state index in [1.165, 1.54) is 0 Å². The molecule has 3 aromatic rings. The van der Waals surface area contributed by atoms with Crippen molar-refractivity contribution in [3.63, 3.8) is 0 Å². The highest BCUT2D eigenvalue weighted by atomic mass is 16.5. The molecule has 0 spiro atoms. The number of hydrogen-bond donors (Lipinski definition) is 1. The van der Waals surface area contributed by atoms with Gasteiger partial charge in [-0.15, -0.1) is 0 Å². The molecule has 1 N–H and O–H groups in total. The quantitative estimate of drug-likeness (QED) is 0.580. The minimum Gasteiger partial charge on any atom is -0.491 e. The lowest BCUT2D eigenvalue weighted by molar-refractivity contribution is -0.127. The summed E-state index contributed by atoms with van der Waals surface area (Å²) in [6.45, 7) is 6.58. The van der Waals surface area contributed by atoms with Crippen LogP contribution in [-0.4, -0.2) is 46.7 Å². The molecule has 2 aromatic carbocycles. The van der Waals surface area contributed by atoms with Crippen LogP contribution in [0.5, 0.6) is 5.75 Å². The number of para-hydroxylation sites is 1. The van der Waals surface area contributed by atoms with Gasteiger partial charge < -0.3 is 14.6 Å². The standard InChI is InChI=1S/C25H30N4O3/c1-18-9-6-7-13-22(18)31-17-19(2)26-25(30)21-12-8-14-29(15-21)16-23-27-24(28-32-23)20-10-4-3-5-11-20/h3-7,9-11,13,19,21H,8,12,14-17H2,1-2H3,(H,26,30). The Hall–Kier alpha value is -3.19. The maximum atomic E-state index is 12.8. The topological polar surface area (TPSA) is 80.5 Å². The number of piperidine rings is 1. The van der Waals surface area contributed by atoms with Gasteiger partial charge >= 0.3 is 0 Å². The molecule has 1 amide bonds. The maximum Gasteiger partial charge on any atom is 0.241 e. The fraction of sp³-hybridized carbons (Fsp3) is 0.400. The lowest BCUT2D eigenvalue weighted by Gasteiger charge is -2.31. The Balaban J connectivity index is 1.26. The number of rotatable bonds is 8. The number of nitrogens with one attached hydrogen (secondary N) is 1. The van der Waals surface area contributed by atoms with Gasteiger partial charge in [0, 0.05) is 12.1 Å². The molecule has 7 heteroatoms. The summed E-state index contributed by atoms with van der Waals surface area (Å²) in [6, 6.07) is 17.6. The van der Waals surface area contributed by atoms with Crippen LogP contribution in [0.3, 0.4) is 0 Å². The molecule has 1 aliphatic heterocycles. The third kappa shape index (κ3) is 5.73. The Morgan fingerprint density at radius 3 is 2.81 bits per heavy atom. The van der Waals surface area contributed by atoms with E-state index in [9.17, 15) is 4.79 Å². The molecule has 7 nitrogen and oxygen atoms in total. The van der Waals surface area contributed by atoms with Crippen LogP contribution in [0.2, 0.25) is 0 Å². The Morgan fingerprint density at radius 2 is 2.00 bits per heavy atom. The zero-order valence-electron chi connectivity index (χ0n) is 18.7. The Kier molecular flexibility index (Phi) is 7.17. The van der Waals surface area contributed by atoms with Crippen LogP contribution < -0.4 is 10.1 Å². The van der Waals surface area contributed by atoms with E-state index in [4.69, 9.17) is 9.26 Å². The summed E-state index contributed by atoms with van der Waals surface area (Å²) in [6.07, 6.45) is 1.85. The molecule has 2 heterocycles. The van der Waals surface area contributed by atoms with Gasteiger partial charge in [-0.25, -0.2) is 0 Å². The van der Waals surface area contributed by atoms with Gasteiger partial charge in [-0.3, -0.25) is 9.69 Å². The van der Waals surface area contributed by atoms with Crippen molar-refractivity contribution in [3.8, 4) is 17.1 Å². The van der Waals surface area contributed by atoms with Crippen LogP contribution in [0.25, 0.3) is 11.4 Å². The van der Waals surface area contributed by atoms with Crippen molar-refractivity contribution >= 4 is 5.91 Å². The molecule has 2 unspecified atom stereocenters. The van der Waals surface area contributed by atoms with E-state index in [0.717, 1.165) is 36.3 Å². The van der Waals surface area contributed by atoms with Crippen LogP contribution in [0.15, 0.2) is 59.1 Å². The largest absolute Gasteiger partial charge is 0.491 e. The molecule has 4 rings (SSSR count). The smallest absolute Gasteiger partial charge is 0.241 e. The molecule has 0 radical (unpaired) electrons. The third-order valence-corrected chi connectivity index (χ3v) is 5.71. The first kappa shape index (κ1) is 22.0. The van der Waals surface area contributed by atoms with Crippen molar-refractivity contribution in [2.45, 2.75) is 39.3 Å². The van der Waals surface area contributed by atoms with Gasteiger partial charge in [0.15, 0.2) is 0 Å². The summed E-state index contributed by atoms with van der Waals surface area (Å²) < 4.78 is 11.3. The SMILES string of the molecule is Cc1ccccc1OCC(C)NC(=O)C1CCCN(Cc2nc(-c3ccccc3)no2)C1. The van der Waals surface area contributed by atoms with E-state index in [1.807, 2.05) is 68.4 Å². The lowest BCUT2D eigenvalue weighted by Crippen LogP contribution is -2.46. The number of amides is 1. The number of aryl methyl sites for hydroxylation is 1. The third-order valence-electron chi connectivity index (χ3n) is 5.71. The second-order valence-electron chi connectivity index (χ2n) is 8.44. The number of carbonyl (C=O) groups is 1. The van der Waals surface area contributed by atoms with Crippen LogP contribution in [0.1, 0.15) is 31.2 Å². The summed E-state index contributed by atoms with van der Waals surface area (Å²) >= 11 is 0. The fourth-order valence-electron chi connectivity index (χ4n) is 3.96. The monoisotopic (exact) mass is 434 g/mol. The second-order valence-corrected chi connectivity index (χ2v) is 8.44. The van der Waals surface area contributed by atoms with Gasteiger partial charge in [0.1, 0.15) is 12.4 Å². The molecule has 1 saturated heterocycles. The molecule has 0 aliphatic carbocycles. The molecule has 1 aliphatic rings. The minimum atomic E-state index is -0.0677. The first-order chi connectivity index (χ1) is 15.6. The number of carbonyl (C=O) groups excluding carboxylic acids is 1. The molecule has 0 bridgehead atoms. The zero-order valence-corrected chi connectivity index (χ0v) is 18.7. The Bertz CT molecular complexity index is 1020. The van der Waals surface area contributed by atoms with E-state index in [1.54, 1.807) is 0 Å². The van der Waals surface area contributed by atoms with E-state index >= 15 is 0 Å². The highest BCUT2D eigenvalue weighted by molar-refractivity contribution is 5.79. The van der Waals surface area contributed by atoms with Gasteiger partial charge in [-0.05, 0) is 44.9 Å². The number of benzene rings is 2. The summed E-state index contributed by atoms with van der Waals surface area (Å²) in [7, 11) is 0. The fourth-order valence-corrected chi connectivity index (χ4v) is 3.96. The number of nitrogens with zero attached hydrogens (tertiary/aromatic N) is 3. The molecule has 32 heavy (non-hydrogen) atoms. The summed E-state index contributed by atoms with van der Waals surface area (Å²) in [5.41, 5.74) is 2.02. The van der Waals surface area contributed by atoms with Crippen LogP contribution >= 0.6 is 0 Å². The average Bonchev–Trinajstić information content (AvgIpc) is 3.28. The second kappa shape index (κ2) is 10.4. The highest BCUT2D eigenvalue weighted by Crippen LogP contribution is 2.21. The first-order valence-electron chi connectivity index (χ1n) is 11.2. The van der Waals surface area contributed by atoms with E-state index < -0.39 is 0 Å². The summed E-state index contributed by atoms with van der Waals surface area (Å²) in [5.74, 6) is 2.04. The first-order valence-corrected chi connectivity index (χ1v) is 11.2. The normalized spacial score (nSPS) is 17.6. The molecule has 1 fully saturated rings. The predicted octanol–water partition coefficient (Wildman–Crippen LogP) is 3.84. The molecule has 1 aromatic heterocycles.